The molecule has 0 spiro atoms. The highest BCUT2D eigenvalue weighted by atomic mass is 28.3. The molecule has 7 heteroatoms. The molecule has 2 unspecified atom stereocenters. The molecular weight excluding hydrogens is 873 g/mol. The van der Waals surface area contributed by atoms with Gasteiger partial charge in [-0.15, -0.1) is 0 Å². The van der Waals surface area contributed by atoms with Gasteiger partial charge in [0.15, 0.2) is 16.1 Å². The van der Waals surface area contributed by atoms with Crippen molar-refractivity contribution in [3.8, 4) is 22.9 Å². The van der Waals surface area contributed by atoms with Gasteiger partial charge >= 0.3 is 0 Å². The van der Waals surface area contributed by atoms with Crippen molar-refractivity contribution in [3.63, 3.8) is 0 Å². The third kappa shape index (κ3) is 5.75. The molecule has 0 fully saturated rings. The topological polar surface area (TPSA) is 44.9 Å². The van der Waals surface area contributed by atoms with Gasteiger partial charge in [-0.25, -0.2) is 9.97 Å². The van der Waals surface area contributed by atoms with Crippen LogP contribution in [0.4, 0.5) is 0 Å². The Kier molecular flexibility index (Phi) is 8.99. The van der Waals surface area contributed by atoms with Crippen molar-refractivity contribution < 1.29 is 4.74 Å². The van der Waals surface area contributed by atoms with E-state index >= 15 is 0 Å². The second kappa shape index (κ2) is 15.6. The van der Waals surface area contributed by atoms with Gasteiger partial charge in [0.2, 0.25) is 0 Å². The fourth-order valence-electron chi connectivity index (χ4n) is 12.3. The zero-order valence-electron chi connectivity index (χ0n) is 37.6. The van der Waals surface area contributed by atoms with E-state index in [1.807, 2.05) is 12.4 Å². The summed E-state index contributed by atoms with van der Waals surface area (Å²) < 4.78 is 11.7. The molecule has 3 aliphatic rings. The van der Waals surface area contributed by atoms with Crippen LogP contribution in [0.2, 0.25) is 0 Å². The first-order valence-electron chi connectivity index (χ1n) is 23.8. The van der Waals surface area contributed by atoms with Gasteiger partial charge in [-0.2, -0.15) is 0 Å². The number of aromatic nitrogens is 4. The minimum absolute atomic E-state index is 0.0658. The molecule has 0 bridgehead atoms. The second-order valence-electron chi connectivity index (χ2n) is 18.4. The Bertz CT molecular complexity index is 3760. The number of ether oxygens (including phenoxy) is 1. The van der Waals surface area contributed by atoms with E-state index in [1.54, 1.807) is 0 Å². The molecule has 5 heterocycles. The minimum Gasteiger partial charge on any atom is -0.458 e. The Morgan fingerprint density at radius 2 is 1.17 bits per heavy atom. The number of rotatable bonds is 7. The predicted octanol–water partition coefficient (Wildman–Crippen LogP) is 9.23. The Balaban J connectivity index is 1.04. The molecule has 3 aromatic heterocycles. The fraction of sp³-hybridized carbons (Fsp3) is 0.0323. The monoisotopic (exact) mass is 916 g/mol. The number of benzene rings is 8. The van der Waals surface area contributed by atoms with Gasteiger partial charge in [0.25, 0.3) is 0 Å². The highest BCUT2D eigenvalue weighted by molar-refractivity contribution is 7.21. The van der Waals surface area contributed by atoms with E-state index in [0.717, 1.165) is 44.9 Å². The third-order valence-corrected chi connectivity index (χ3v) is 24.7. The summed E-state index contributed by atoms with van der Waals surface area (Å²) in [6, 6.07) is 80.7. The van der Waals surface area contributed by atoms with Crippen LogP contribution in [0.15, 0.2) is 260 Å². The SMILES string of the molecule is C1=CC2c3ccccc3-n3ccnc3C2C=C1[Si](c1ccccc1)(c1ccccc1)c1cccc(-n2c3cc4c(cc3c3cccnc32)Oc2ccccc2[Si]4(c2ccccc2)c2ccccc2)c1. The highest BCUT2D eigenvalue weighted by Crippen LogP contribution is 2.46. The minimum atomic E-state index is -3.05. The molecule has 0 amide bonds. The molecule has 1 aliphatic carbocycles. The van der Waals surface area contributed by atoms with Crippen LogP contribution in [-0.4, -0.2) is 35.2 Å². The highest BCUT2D eigenvalue weighted by Gasteiger charge is 2.49. The van der Waals surface area contributed by atoms with Crippen LogP contribution in [0.5, 0.6) is 11.5 Å². The maximum absolute atomic E-state index is 7.04. The number of fused-ring (bicyclic) bond motifs is 11. The van der Waals surface area contributed by atoms with Crippen LogP contribution in [0.1, 0.15) is 23.2 Å². The van der Waals surface area contributed by atoms with Crippen LogP contribution in [0.25, 0.3) is 33.3 Å². The number of allylic oxidation sites excluding steroid dienone is 4. The van der Waals surface area contributed by atoms with Gasteiger partial charge in [0, 0.05) is 46.9 Å². The third-order valence-electron chi connectivity index (χ3n) is 15.1. The summed E-state index contributed by atoms with van der Waals surface area (Å²) >= 11 is 0. The Morgan fingerprint density at radius 3 is 1.93 bits per heavy atom. The molecule has 14 rings (SSSR count). The van der Waals surface area contributed by atoms with Crippen LogP contribution in [0.3, 0.4) is 0 Å². The van der Waals surface area contributed by atoms with Gasteiger partial charge in [0.05, 0.1) is 11.2 Å². The molecule has 2 atom stereocenters. The molecular formula is C62H44N4OSi2. The first kappa shape index (κ1) is 39.8. The van der Waals surface area contributed by atoms with Crippen molar-refractivity contribution >= 4 is 74.4 Å². The number of pyridine rings is 1. The van der Waals surface area contributed by atoms with E-state index in [4.69, 9.17) is 14.7 Å². The lowest BCUT2D eigenvalue weighted by molar-refractivity contribution is 0.488. The van der Waals surface area contributed by atoms with Gasteiger partial charge in [-0.05, 0) is 95.6 Å². The van der Waals surface area contributed by atoms with E-state index in [1.165, 1.54) is 52.8 Å². The molecule has 0 N–H and O–H groups in total. The molecule has 5 nitrogen and oxygen atoms in total. The second-order valence-corrected chi connectivity index (χ2v) is 26.0. The maximum Gasteiger partial charge on any atom is 0.188 e. The largest absolute Gasteiger partial charge is 0.458 e. The maximum atomic E-state index is 7.04. The standard InChI is InChI=1S/C62H44N4OSi2/c1-5-20-44(21-6-1)68(45-22-7-2-8-23-45,49-34-35-50-51-29-13-14-31-55(51)65-38-37-64-61(65)54(50)40-49)48-28-17-19-43(39-48)66-56-42-60-58(41-53(56)52-30-18-36-63-62(52)66)67-57-32-15-16-33-59(57)69(60,46-24-9-3-10-25-46)47-26-11-4-12-27-47/h1-42,50,54H. The summed E-state index contributed by atoms with van der Waals surface area (Å²) in [6.07, 6.45) is 13.5. The van der Waals surface area contributed by atoms with Crippen molar-refractivity contribution in [1.29, 1.82) is 0 Å². The zero-order chi connectivity index (χ0) is 45.5. The molecule has 2 aliphatic heterocycles. The van der Waals surface area contributed by atoms with Crippen molar-refractivity contribution in [2.24, 2.45) is 0 Å². The van der Waals surface area contributed by atoms with Crippen molar-refractivity contribution in [3.05, 3.63) is 272 Å². The number of hydrogen-bond acceptors (Lipinski definition) is 3. The zero-order valence-corrected chi connectivity index (χ0v) is 39.6. The van der Waals surface area contributed by atoms with Crippen molar-refractivity contribution in [1.82, 2.24) is 19.1 Å². The number of nitrogens with zero attached hydrogens (tertiary/aromatic N) is 4. The molecule has 69 heavy (non-hydrogen) atoms. The van der Waals surface area contributed by atoms with Crippen LogP contribution in [-0.2, 0) is 0 Å². The van der Waals surface area contributed by atoms with Gasteiger partial charge in [-0.3, -0.25) is 4.57 Å². The lowest BCUT2D eigenvalue weighted by Gasteiger charge is -2.40. The summed E-state index contributed by atoms with van der Waals surface area (Å²) in [5.41, 5.74) is 5.62. The summed E-state index contributed by atoms with van der Waals surface area (Å²) in [7, 11) is -6.00. The Morgan fingerprint density at radius 1 is 0.507 bits per heavy atom. The van der Waals surface area contributed by atoms with Crippen LogP contribution >= 0.6 is 0 Å². The van der Waals surface area contributed by atoms with Crippen LogP contribution in [0, 0.1) is 0 Å². The summed E-state index contributed by atoms with van der Waals surface area (Å²) in [6.45, 7) is 0. The number of hydrogen-bond donors (Lipinski definition) is 0. The Hall–Kier alpha value is -8.37. The van der Waals surface area contributed by atoms with Crippen molar-refractivity contribution in [2.45, 2.75) is 11.8 Å². The van der Waals surface area contributed by atoms with Gasteiger partial charge < -0.3 is 9.30 Å². The normalized spacial score (nSPS) is 16.4. The van der Waals surface area contributed by atoms with E-state index in [0.29, 0.717) is 0 Å². The molecule has 11 aromatic rings. The number of imidazole rings is 1. The van der Waals surface area contributed by atoms with E-state index < -0.39 is 16.1 Å². The molecule has 8 aromatic carbocycles. The van der Waals surface area contributed by atoms with E-state index in [9.17, 15) is 0 Å². The molecule has 0 saturated heterocycles. The lowest BCUT2D eigenvalue weighted by atomic mass is 9.79. The summed E-state index contributed by atoms with van der Waals surface area (Å²) in [5.74, 6) is 3.14. The molecule has 326 valence electrons. The van der Waals surface area contributed by atoms with Crippen molar-refractivity contribution in [2.75, 3.05) is 0 Å². The first-order chi connectivity index (χ1) is 34.2. The quantitative estimate of drug-likeness (QED) is 0.118. The van der Waals surface area contributed by atoms with E-state index in [-0.39, 0.29) is 11.8 Å². The van der Waals surface area contributed by atoms with E-state index in [2.05, 4.69) is 252 Å². The average Bonchev–Trinajstić information content (AvgIpc) is 4.05. The average molecular weight is 917 g/mol. The molecule has 0 saturated carbocycles. The summed E-state index contributed by atoms with van der Waals surface area (Å²) in [5, 5.41) is 12.6. The summed E-state index contributed by atoms with van der Waals surface area (Å²) in [4.78, 5) is 10.3. The smallest absolute Gasteiger partial charge is 0.188 e. The van der Waals surface area contributed by atoms with Gasteiger partial charge in [0.1, 0.15) is 23.0 Å². The number of para-hydroxylation sites is 2. The first-order valence-corrected chi connectivity index (χ1v) is 27.8. The Labute approximate surface area is 402 Å². The van der Waals surface area contributed by atoms with Gasteiger partial charge in [-0.1, -0.05) is 188 Å². The lowest BCUT2D eigenvalue weighted by Crippen LogP contribution is -2.76. The predicted molar refractivity (Wildman–Crippen MR) is 286 cm³/mol. The fourth-order valence-corrected chi connectivity index (χ4v) is 22.1. The van der Waals surface area contributed by atoms with Crippen LogP contribution < -0.4 is 41.0 Å². The molecule has 0 radical (unpaired) electrons.